The van der Waals surface area contributed by atoms with E-state index in [0.29, 0.717) is 0 Å². The molecule has 4 aromatic carbocycles. The number of hydrogen-bond acceptors (Lipinski definition) is 1. The number of anilines is 3. The van der Waals surface area contributed by atoms with Crippen molar-refractivity contribution >= 4 is 17.1 Å². The molecule has 1 heteroatoms. The van der Waals surface area contributed by atoms with Gasteiger partial charge in [0.1, 0.15) is 0 Å². The molecule has 280 valence electrons. The third-order valence-corrected chi connectivity index (χ3v) is 12.5. The monoisotopic (exact) mass is 698 g/mol. The first-order valence-corrected chi connectivity index (χ1v) is 21.5. The lowest BCUT2D eigenvalue weighted by Crippen LogP contribution is -2.26. The van der Waals surface area contributed by atoms with E-state index in [-0.39, 0.29) is 10.8 Å². The summed E-state index contributed by atoms with van der Waals surface area (Å²) in [5.74, 6) is 0. The van der Waals surface area contributed by atoms with Gasteiger partial charge in [-0.3, -0.25) is 0 Å². The third-order valence-electron chi connectivity index (χ3n) is 12.5. The van der Waals surface area contributed by atoms with Gasteiger partial charge in [-0.1, -0.05) is 179 Å². The summed E-state index contributed by atoms with van der Waals surface area (Å²) in [5.41, 5.74) is 14.3. The van der Waals surface area contributed by atoms with Gasteiger partial charge in [0.25, 0.3) is 0 Å². The highest BCUT2D eigenvalue weighted by Crippen LogP contribution is 2.56. The molecule has 0 spiro atoms. The van der Waals surface area contributed by atoms with Gasteiger partial charge in [-0.15, -0.1) is 0 Å². The van der Waals surface area contributed by atoms with Gasteiger partial charge < -0.3 is 4.90 Å². The minimum absolute atomic E-state index is 0.0624. The van der Waals surface area contributed by atoms with Crippen molar-refractivity contribution in [2.24, 2.45) is 0 Å². The van der Waals surface area contributed by atoms with Crippen molar-refractivity contribution in [2.75, 3.05) is 4.90 Å². The number of unbranched alkanes of at least 4 members (excludes halogenated alkanes) is 11. The van der Waals surface area contributed by atoms with E-state index in [9.17, 15) is 0 Å². The van der Waals surface area contributed by atoms with Crippen molar-refractivity contribution in [1.82, 2.24) is 0 Å². The molecular weight excluding hydrogens is 627 g/mol. The number of benzene rings is 4. The number of nitrogens with zero attached hydrogens (tertiary/aromatic N) is 1. The van der Waals surface area contributed by atoms with Crippen LogP contribution in [0.4, 0.5) is 17.1 Å². The Balaban J connectivity index is 1.60. The van der Waals surface area contributed by atoms with E-state index in [1.165, 1.54) is 148 Å². The summed E-state index contributed by atoms with van der Waals surface area (Å²) in [4.78, 5) is 2.53. The predicted molar refractivity (Wildman–Crippen MR) is 230 cm³/mol. The third kappa shape index (κ3) is 9.42. The molecule has 0 bridgehead atoms. The summed E-state index contributed by atoms with van der Waals surface area (Å²) in [6, 6.07) is 33.7. The fraction of sp³-hybridized carbons (Fsp3) is 0.529. The topological polar surface area (TPSA) is 3.24 Å². The predicted octanol–water partition coefficient (Wildman–Crippen LogP) is 16.3. The molecule has 0 aromatic heterocycles. The molecule has 1 aliphatic rings. The smallest absolute Gasteiger partial charge is 0.0465 e. The summed E-state index contributed by atoms with van der Waals surface area (Å²) in [7, 11) is 0. The average molecular weight is 698 g/mol. The molecule has 0 saturated carbocycles. The molecule has 1 nitrogen and oxygen atoms in total. The van der Waals surface area contributed by atoms with Gasteiger partial charge in [-0.25, -0.2) is 0 Å². The fourth-order valence-corrected chi connectivity index (χ4v) is 8.72. The Hall–Kier alpha value is -3.32. The molecule has 52 heavy (non-hydrogen) atoms. The summed E-state index contributed by atoms with van der Waals surface area (Å²) < 4.78 is 0. The van der Waals surface area contributed by atoms with E-state index in [4.69, 9.17) is 0 Å². The van der Waals surface area contributed by atoms with Crippen molar-refractivity contribution in [2.45, 2.75) is 175 Å². The second-order valence-electron chi connectivity index (χ2n) is 16.8. The number of aryl methyl sites for hydroxylation is 2. The first-order valence-electron chi connectivity index (χ1n) is 21.5. The molecular formula is C51H71N. The van der Waals surface area contributed by atoms with Gasteiger partial charge in [0, 0.05) is 22.5 Å². The molecule has 0 atom stereocenters. The summed E-state index contributed by atoms with van der Waals surface area (Å²) in [6.07, 6.45) is 23.3. The van der Waals surface area contributed by atoms with Gasteiger partial charge in [-0.2, -0.15) is 0 Å². The van der Waals surface area contributed by atoms with Gasteiger partial charge in [-0.05, 0) is 114 Å². The Morgan fingerprint density at radius 2 is 0.981 bits per heavy atom. The van der Waals surface area contributed by atoms with Gasteiger partial charge in [0.2, 0.25) is 0 Å². The van der Waals surface area contributed by atoms with Crippen LogP contribution in [0.1, 0.15) is 179 Å². The van der Waals surface area contributed by atoms with Crippen LogP contribution in [0.5, 0.6) is 0 Å². The quantitative estimate of drug-likeness (QED) is 0.0739. The van der Waals surface area contributed by atoms with Crippen LogP contribution >= 0.6 is 0 Å². The zero-order valence-corrected chi connectivity index (χ0v) is 34.3. The SMILES string of the molecule is CCCCCCCCC1(CCCCCCCC)c2cc(C)ccc2-c2ccc(N(c3ccc(CCCC)cc3)c3ccc(C(C)(C)CC)cc3)cc21. The summed E-state index contributed by atoms with van der Waals surface area (Å²) in [6.45, 7) is 16.3. The normalized spacial score (nSPS) is 13.3. The highest BCUT2D eigenvalue weighted by atomic mass is 15.1. The molecule has 0 radical (unpaired) electrons. The summed E-state index contributed by atoms with van der Waals surface area (Å²) in [5, 5.41) is 0. The molecule has 0 heterocycles. The maximum Gasteiger partial charge on any atom is 0.0465 e. The number of hydrogen-bond donors (Lipinski definition) is 0. The molecule has 0 saturated heterocycles. The first-order chi connectivity index (χ1) is 25.3. The molecule has 0 N–H and O–H groups in total. The molecule has 4 aromatic rings. The van der Waals surface area contributed by atoms with Gasteiger partial charge >= 0.3 is 0 Å². The first kappa shape index (κ1) is 39.9. The highest BCUT2D eigenvalue weighted by molar-refractivity contribution is 5.86. The molecule has 5 rings (SSSR count). The van der Waals surface area contributed by atoms with E-state index in [1.54, 1.807) is 11.1 Å². The lowest BCUT2D eigenvalue weighted by atomic mass is 9.70. The van der Waals surface area contributed by atoms with E-state index < -0.39 is 0 Å². The standard InChI is InChI=1S/C51H71N/c1-8-12-15-17-19-21-36-51(37-22-20-18-16-13-9-2)48-38-40(5)24-34-46(48)47-35-33-45(39-49(47)51)52(43-29-25-41(26-30-43)23-14-10-3)44-31-27-42(28-32-44)50(6,7)11-4/h24-35,38-39H,8-23,36-37H2,1-7H3. The molecule has 0 aliphatic heterocycles. The van der Waals surface area contributed by atoms with Gasteiger partial charge in [0.15, 0.2) is 0 Å². The molecule has 0 fully saturated rings. The number of rotatable bonds is 22. The zero-order valence-electron chi connectivity index (χ0n) is 34.3. The molecule has 1 aliphatic carbocycles. The van der Waals surface area contributed by atoms with E-state index in [1.807, 2.05) is 0 Å². The van der Waals surface area contributed by atoms with Crippen LogP contribution in [0.3, 0.4) is 0 Å². The van der Waals surface area contributed by atoms with Crippen LogP contribution in [0.25, 0.3) is 11.1 Å². The van der Waals surface area contributed by atoms with E-state index in [0.717, 1.165) is 12.8 Å². The Kier molecular flexibility index (Phi) is 14.7. The highest BCUT2D eigenvalue weighted by Gasteiger charge is 2.42. The van der Waals surface area contributed by atoms with Crippen molar-refractivity contribution in [3.05, 3.63) is 113 Å². The van der Waals surface area contributed by atoms with Crippen molar-refractivity contribution in [1.29, 1.82) is 0 Å². The van der Waals surface area contributed by atoms with Gasteiger partial charge in [0.05, 0.1) is 0 Å². The molecule has 0 amide bonds. The minimum Gasteiger partial charge on any atom is -0.310 e. The fourth-order valence-electron chi connectivity index (χ4n) is 8.72. The maximum absolute atomic E-state index is 2.62. The van der Waals surface area contributed by atoms with Crippen molar-refractivity contribution in [3.63, 3.8) is 0 Å². The Bertz CT molecular complexity index is 1640. The van der Waals surface area contributed by atoms with Crippen molar-refractivity contribution < 1.29 is 0 Å². The second kappa shape index (κ2) is 19.1. The lowest BCUT2D eigenvalue weighted by Gasteiger charge is -2.34. The van der Waals surface area contributed by atoms with Crippen LogP contribution in [-0.4, -0.2) is 0 Å². The Morgan fingerprint density at radius 3 is 1.54 bits per heavy atom. The van der Waals surface area contributed by atoms with Crippen LogP contribution in [-0.2, 0) is 17.3 Å². The minimum atomic E-state index is 0.0624. The average Bonchev–Trinajstić information content (AvgIpc) is 3.42. The van der Waals surface area contributed by atoms with E-state index in [2.05, 4.69) is 138 Å². The summed E-state index contributed by atoms with van der Waals surface area (Å²) >= 11 is 0. The maximum atomic E-state index is 2.62. The largest absolute Gasteiger partial charge is 0.310 e. The van der Waals surface area contributed by atoms with Crippen LogP contribution in [0.2, 0.25) is 0 Å². The second-order valence-corrected chi connectivity index (χ2v) is 16.8. The number of fused-ring (bicyclic) bond motifs is 3. The van der Waals surface area contributed by atoms with Crippen molar-refractivity contribution in [3.8, 4) is 11.1 Å². The lowest BCUT2D eigenvalue weighted by molar-refractivity contribution is 0.398. The van der Waals surface area contributed by atoms with E-state index >= 15 is 0 Å². The Labute approximate surface area is 319 Å². The van der Waals surface area contributed by atoms with Crippen LogP contribution in [0, 0.1) is 6.92 Å². The Morgan fingerprint density at radius 1 is 0.500 bits per heavy atom. The molecule has 0 unspecified atom stereocenters. The zero-order chi connectivity index (χ0) is 37.0. The van der Waals surface area contributed by atoms with Crippen LogP contribution in [0.15, 0.2) is 84.9 Å². The van der Waals surface area contributed by atoms with Crippen LogP contribution < -0.4 is 4.90 Å².